The molecule has 0 aromatic heterocycles. The van der Waals surface area contributed by atoms with Crippen molar-refractivity contribution in [3.05, 3.63) is 38.2 Å². The fraction of sp³-hybridized carbons (Fsp3) is 0.250. The Morgan fingerprint density at radius 1 is 1.17 bits per heavy atom. The summed E-state index contributed by atoms with van der Waals surface area (Å²) in [6.07, 6.45) is 3.08. The molecule has 102 valence electrons. The number of hydrogen-bond acceptors (Lipinski definition) is 5. The van der Waals surface area contributed by atoms with E-state index in [1.807, 2.05) is 0 Å². The van der Waals surface area contributed by atoms with Gasteiger partial charge < -0.3 is 14.6 Å². The lowest BCUT2D eigenvalue weighted by atomic mass is 10.6. The molecule has 0 rings (SSSR count). The number of rotatable bonds is 4. The summed E-state index contributed by atoms with van der Waals surface area (Å²) < 4.78 is 8.60. The maximum atomic E-state index is 10.1. The average molecular weight is 258 g/mol. The zero-order chi connectivity index (χ0) is 15.0. The Bertz CT molecular complexity index is 293. The highest BCUT2D eigenvalue weighted by Crippen LogP contribution is 1.74. The van der Waals surface area contributed by atoms with Gasteiger partial charge in [-0.05, 0) is 6.92 Å². The van der Waals surface area contributed by atoms with Crippen LogP contribution in [0, 0.1) is 0 Å². The highest BCUT2D eigenvalue weighted by molar-refractivity contribution is 5.81. The third-order valence-electron chi connectivity index (χ3n) is 0.877. The SMILES string of the molecule is C=CC(=O)O.C=CC(=O)OCC.C=COC(C)=O. The molecule has 0 amide bonds. The Balaban J connectivity index is -0.000000190. The molecule has 0 atom stereocenters. The van der Waals surface area contributed by atoms with Crippen LogP contribution in [0.2, 0.25) is 0 Å². The molecule has 0 aromatic rings. The van der Waals surface area contributed by atoms with Gasteiger partial charge in [0, 0.05) is 19.1 Å². The van der Waals surface area contributed by atoms with Gasteiger partial charge in [0.2, 0.25) is 0 Å². The minimum absolute atomic E-state index is 0.329. The van der Waals surface area contributed by atoms with Crippen molar-refractivity contribution in [1.82, 2.24) is 0 Å². The summed E-state index contributed by atoms with van der Waals surface area (Å²) in [5.41, 5.74) is 0. The molecule has 0 spiro atoms. The first-order chi connectivity index (χ1) is 8.35. The Kier molecular flexibility index (Phi) is 19.9. The minimum atomic E-state index is -0.981. The van der Waals surface area contributed by atoms with E-state index in [1.165, 1.54) is 6.92 Å². The van der Waals surface area contributed by atoms with Gasteiger partial charge in [-0.3, -0.25) is 4.79 Å². The van der Waals surface area contributed by atoms with Gasteiger partial charge >= 0.3 is 17.9 Å². The Morgan fingerprint density at radius 3 is 1.67 bits per heavy atom. The van der Waals surface area contributed by atoms with E-state index in [-0.39, 0.29) is 11.9 Å². The van der Waals surface area contributed by atoms with Gasteiger partial charge in [0.25, 0.3) is 0 Å². The summed E-state index contributed by atoms with van der Waals surface area (Å²) in [5, 5.41) is 7.60. The molecule has 0 fully saturated rings. The first-order valence-electron chi connectivity index (χ1n) is 4.78. The zero-order valence-corrected chi connectivity index (χ0v) is 10.5. The van der Waals surface area contributed by atoms with Crippen LogP contribution < -0.4 is 0 Å². The summed E-state index contributed by atoms with van der Waals surface area (Å²) in [6.45, 7) is 12.8. The predicted octanol–water partition coefficient (Wildman–Crippen LogP) is 1.69. The number of esters is 2. The first kappa shape index (κ1) is 21.0. The third kappa shape index (κ3) is 37.3. The molecule has 6 heteroatoms. The van der Waals surface area contributed by atoms with Gasteiger partial charge in [-0.2, -0.15) is 0 Å². The standard InChI is InChI=1S/C5H8O2.C4H6O2.C3H4O2/c1-3-5(6)7-4-2;1-3-6-4(2)5;1-2-3(4)5/h3H,1,4H2,2H3;3H,1H2,2H3;2H,1H2,(H,4,5). The minimum Gasteiger partial charge on any atom is -0.478 e. The molecule has 0 aliphatic carbocycles. The summed E-state index contributed by atoms with van der Waals surface area (Å²) in [5.74, 6) is -1.67. The van der Waals surface area contributed by atoms with Crippen LogP contribution in [0.25, 0.3) is 0 Å². The monoisotopic (exact) mass is 258 g/mol. The molecule has 0 radical (unpaired) electrons. The Morgan fingerprint density at radius 2 is 1.61 bits per heavy atom. The normalized spacial score (nSPS) is 7.00. The van der Waals surface area contributed by atoms with E-state index < -0.39 is 5.97 Å². The van der Waals surface area contributed by atoms with Gasteiger partial charge in [-0.15, -0.1) is 0 Å². The summed E-state index contributed by atoms with van der Waals surface area (Å²) in [6, 6.07) is 0. The van der Waals surface area contributed by atoms with E-state index in [9.17, 15) is 14.4 Å². The number of aliphatic carboxylic acids is 1. The molecule has 0 bridgehead atoms. The Labute approximate surface area is 106 Å². The second-order valence-corrected chi connectivity index (χ2v) is 2.27. The molecule has 6 nitrogen and oxygen atoms in total. The van der Waals surface area contributed by atoms with Gasteiger partial charge in [0.15, 0.2) is 0 Å². The molecule has 0 aliphatic rings. The van der Waals surface area contributed by atoms with Crippen molar-refractivity contribution >= 4 is 17.9 Å². The lowest BCUT2D eigenvalue weighted by molar-refractivity contribution is -0.137. The van der Waals surface area contributed by atoms with Crippen molar-refractivity contribution in [3.8, 4) is 0 Å². The van der Waals surface area contributed by atoms with Crippen LogP contribution in [0.3, 0.4) is 0 Å². The van der Waals surface area contributed by atoms with Gasteiger partial charge in [-0.1, -0.05) is 19.7 Å². The molecular weight excluding hydrogens is 240 g/mol. The van der Waals surface area contributed by atoms with Gasteiger partial charge in [0.1, 0.15) is 0 Å². The van der Waals surface area contributed by atoms with Crippen LogP contribution in [0.4, 0.5) is 0 Å². The summed E-state index contributed by atoms with van der Waals surface area (Å²) in [4.78, 5) is 29.1. The molecule has 0 saturated heterocycles. The van der Waals surface area contributed by atoms with Crippen LogP contribution in [-0.2, 0) is 23.9 Å². The van der Waals surface area contributed by atoms with E-state index >= 15 is 0 Å². The zero-order valence-electron chi connectivity index (χ0n) is 10.5. The maximum Gasteiger partial charge on any atom is 0.330 e. The molecular formula is C12H18O6. The number of carbonyl (C=O) groups is 3. The first-order valence-corrected chi connectivity index (χ1v) is 4.78. The third-order valence-corrected chi connectivity index (χ3v) is 0.877. The highest BCUT2D eigenvalue weighted by Gasteiger charge is 1.86. The van der Waals surface area contributed by atoms with Crippen molar-refractivity contribution in [2.24, 2.45) is 0 Å². The van der Waals surface area contributed by atoms with E-state index in [1.54, 1.807) is 6.92 Å². The number of hydrogen-bond donors (Lipinski definition) is 1. The van der Waals surface area contributed by atoms with Crippen molar-refractivity contribution in [2.45, 2.75) is 13.8 Å². The second kappa shape index (κ2) is 17.0. The van der Waals surface area contributed by atoms with Crippen molar-refractivity contribution in [2.75, 3.05) is 6.61 Å². The fourth-order valence-electron chi connectivity index (χ4n) is 0.319. The highest BCUT2D eigenvalue weighted by atomic mass is 16.5. The quantitative estimate of drug-likeness (QED) is 0.469. The second-order valence-electron chi connectivity index (χ2n) is 2.27. The number of ether oxygens (including phenoxy) is 2. The molecule has 0 heterocycles. The molecule has 0 saturated carbocycles. The van der Waals surface area contributed by atoms with Crippen LogP contribution in [0.15, 0.2) is 38.2 Å². The van der Waals surface area contributed by atoms with Crippen LogP contribution in [0.5, 0.6) is 0 Å². The number of carboxylic acids is 1. The predicted molar refractivity (Wildman–Crippen MR) is 66.6 cm³/mol. The molecule has 0 aromatic carbocycles. The summed E-state index contributed by atoms with van der Waals surface area (Å²) >= 11 is 0. The van der Waals surface area contributed by atoms with E-state index in [0.29, 0.717) is 6.61 Å². The van der Waals surface area contributed by atoms with E-state index in [2.05, 4.69) is 29.2 Å². The lowest BCUT2D eigenvalue weighted by Gasteiger charge is -1.90. The van der Waals surface area contributed by atoms with Crippen LogP contribution in [-0.4, -0.2) is 29.6 Å². The average Bonchev–Trinajstić information content (AvgIpc) is 2.30. The molecule has 1 N–H and O–H groups in total. The van der Waals surface area contributed by atoms with Gasteiger partial charge in [-0.25, -0.2) is 9.59 Å². The molecule has 0 aliphatic heterocycles. The van der Waals surface area contributed by atoms with E-state index in [4.69, 9.17) is 5.11 Å². The van der Waals surface area contributed by atoms with Crippen molar-refractivity contribution in [3.63, 3.8) is 0 Å². The van der Waals surface area contributed by atoms with Crippen LogP contribution in [0.1, 0.15) is 13.8 Å². The largest absolute Gasteiger partial charge is 0.478 e. The topological polar surface area (TPSA) is 89.9 Å². The Hall–Kier alpha value is -2.37. The lowest BCUT2D eigenvalue weighted by Crippen LogP contribution is -1.97. The fourth-order valence-corrected chi connectivity index (χ4v) is 0.319. The van der Waals surface area contributed by atoms with Crippen LogP contribution >= 0.6 is 0 Å². The summed E-state index contributed by atoms with van der Waals surface area (Å²) in [7, 11) is 0. The molecule has 18 heavy (non-hydrogen) atoms. The van der Waals surface area contributed by atoms with Crippen molar-refractivity contribution in [1.29, 1.82) is 0 Å². The number of carboxylic acid groups (broad SMARTS) is 1. The maximum absolute atomic E-state index is 10.1. The van der Waals surface area contributed by atoms with E-state index in [0.717, 1.165) is 18.4 Å². The van der Waals surface area contributed by atoms with Crippen molar-refractivity contribution < 1.29 is 29.0 Å². The molecule has 0 unspecified atom stereocenters. The van der Waals surface area contributed by atoms with Gasteiger partial charge in [0.05, 0.1) is 12.9 Å². The smallest absolute Gasteiger partial charge is 0.330 e. The number of carbonyl (C=O) groups excluding carboxylic acids is 2.